The number of nitrogens with zero attached hydrogens (tertiary/aromatic N) is 2. The van der Waals surface area contributed by atoms with Crippen molar-refractivity contribution in [2.24, 2.45) is 4.99 Å². The molecule has 5 nitrogen and oxygen atoms in total. The Balaban J connectivity index is 2.68. The van der Waals surface area contributed by atoms with E-state index in [0.717, 1.165) is 6.34 Å². The third-order valence-electron chi connectivity index (χ3n) is 0.564. The van der Waals surface area contributed by atoms with E-state index in [1.165, 1.54) is 0 Å². The average molecular weight is 112 g/mol. The van der Waals surface area contributed by atoms with Gasteiger partial charge in [0, 0.05) is 0 Å². The minimum Gasteiger partial charge on any atom is -0.256 e. The Hall–Kier alpha value is -1.39. The standard InChI is InChI=1S/C3H2N3O2/c7-2-4-1-5-3(8)6-2/h1H,(H,6,7,8). The van der Waals surface area contributed by atoms with Crippen LogP contribution in [0, 0.1) is 0 Å². The maximum absolute atomic E-state index is 10.1. The van der Waals surface area contributed by atoms with Gasteiger partial charge in [-0.1, -0.05) is 0 Å². The maximum atomic E-state index is 10.1. The lowest BCUT2D eigenvalue weighted by molar-refractivity contribution is 0.232. The summed E-state index contributed by atoms with van der Waals surface area (Å²) >= 11 is 0. The lowest BCUT2D eigenvalue weighted by Gasteiger charge is -1.99. The minimum absolute atomic E-state index is 0.662. The van der Waals surface area contributed by atoms with Crippen LogP contribution in [0.15, 0.2) is 4.99 Å². The predicted molar refractivity (Wildman–Crippen MR) is 24.6 cm³/mol. The van der Waals surface area contributed by atoms with Crippen molar-refractivity contribution in [3.8, 4) is 0 Å². The van der Waals surface area contributed by atoms with E-state index >= 15 is 0 Å². The quantitative estimate of drug-likeness (QED) is 0.457. The van der Waals surface area contributed by atoms with E-state index in [-0.39, 0.29) is 0 Å². The lowest BCUT2D eigenvalue weighted by Crippen LogP contribution is -2.37. The van der Waals surface area contributed by atoms with Crippen molar-refractivity contribution in [3.05, 3.63) is 0 Å². The van der Waals surface area contributed by atoms with E-state index in [9.17, 15) is 9.59 Å². The summed E-state index contributed by atoms with van der Waals surface area (Å²) in [5.74, 6) is 0. The molecule has 8 heavy (non-hydrogen) atoms. The van der Waals surface area contributed by atoms with Crippen LogP contribution in [0.25, 0.3) is 0 Å². The normalized spacial score (nSPS) is 17.5. The molecule has 41 valence electrons. The Morgan fingerprint density at radius 1 is 1.38 bits per heavy atom. The molecule has 0 fully saturated rings. The molecule has 1 aliphatic rings. The molecule has 0 aromatic heterocycles. The van der Waals surface area contributed by atoms with E-state index < -0.39 is 12.1 Å². The lowest BCUT2D eigenvalue weighted by atomic mass is 10.8. The highest BCUT2D eigenvalue weighted by Crippen LogP contribution is 1.77. The third-order valence-corrected chi connectivity index (χ3v) is 0.564. The van der Waals surface area contributed by atoms with Gasteiger partial charge >= 0.3 is 12.1 Å². The van der Waals surface area contributed by atoms with Crippen LogP contribution in [0.4, 0.5) is 9.59 Å². The van der Waals surface area contributed by atoms with Gasteiger partial charge in [0.25, 0.3) is 0 Å². The summed E-state index contributed by atoms with van der Waals surface area (Å²) in [4.78, 5) is 23.3. The van der Waals surface area contributed by atoms with Gasteiger partial charge in [0.1, 0.15) is 6.34 Å². The van der Waals surface area contributed by atoms with Gasteiger partial charge in [-0.25, -0.2) is 9.59 Å². The molecule has 0 bridgehead atoms. The Bertz CT molecular complexity index is 162. The number of hydrogen-bond acceptors (Lipinski definition) is 2. The van der Waals surface area contributed by atoms with Gasteiger partial charge in [0.05, 0.1) is 0 Å². The van der Waals surface area contributed by atoms with Gasteiger partial charge in [-0.05, 0) is 0 Å². The number of hydrogen-bond donors (Lipinski definition) is 1. The molecule has 0 saturated carbocycles. The largest absolute Gasteiger partial charge is 0.350 e. The molecule has 1 aliphatic heterocycles. The van der Waals surface area contributed by atoms with Gasteiger partial charge in [-0.2, -0.15) is 10.3 Å². The predicted octanol–water partition coefficient (Wildman–Crippen LogP) is -0.538. The second kappa shape index (κ2) is 1.61. The molecule has 0 aromatic rings. The van der Waals surface area contributed by atoms with Crippen molar-refractivity contribution in [1.29, 1.82) is 0 Å². The van der Waals surface area contributed by atoms with Crippen LogP contribution in [0.5, 0.6) is 0 Å². The second-order valence-electron chi connectivity index (χ2n) is 1.11. The molecule has 0 aromatic carbocycles. The van der Waals surface area contributed by atoms with Crippen LogP contribution in [0.2, 0.25) is 0 Å². The van der Waals surface area contributed by atoms with Gasteiger partial charge in [0.2, 0.25) is 0 Å². The molecule has 1 N–H and O–H groups in total. The fourth-order valence-electron chi connectivity index (χ4n) is 0.290. The zero-order valence-corrected chi connectivity index (χ0v) is 3.79. The molecule has 0 atom stereocenters. The van der Waals surface area contributed by atoms with Crippen LogP contribution in [0.1, 0.15) is 0 Å². The Morgan fingerprint density at radius 3 is 2.50 bits per heavy atom. The van der Waals surface area contributed by atoms with Crippen molar-refractivity contribution in [3.63, 3.8) is 0 Å². The van der Waals surface area contributed by atoms with Crippen LogP contribution >= 0.6 is 0 Å². The molecule has 1 rings (SSSR count). The zero-order chi connectivity index (χ0) is 5.98. The van der Waals surface area contributed by atoms with Crippen molar-refractivity contribution >= 4 is 18.4 Å². The summed E-state index contributed by atoms with van der Waals surface area (Å²) in [5, 5.41) is 4.95. The van der Waals surface area contributed by atoms with Gasteiger partial charge < -0.3 is 0 Å². The van der Waals surface area contributed by atoms with E-state index in [1.54, 1.807) is 0 Å². The minimum atomic E-state index is -0.662. The number of amides is 4. The zero-order valence-electron chi connectivity index (χ0n) is 3.79. The summed E-state index contributed by atoms with van der Waals surface area (Å²) in [6.45, 7) is 0. The average Bonchev–Trinajstić information content (AvgIpc) is 1.64. The first-order chi connectivity index (χ1) is 3.79. The second-order valence-corrected chi connectivity index (χ2v) is 1.11. The summed E-state index contributed by atoms with van der Waals surface area (Å²) in [6.07, 6.45) is 0.918. The number of nitrogens with one attached hydrogen (secondary N) is 1. The Labute approximate surface area is 44.8 Å². The topological polar surface area (TPSA) is 72.6 Å². The maximum Gasteiger partial charge on any atom is 0.350 e. The van der Waals surface area contributed by atoms with Crippen LogP contribution in [0.3, 0.4) is 0 Å². The molecule has 0 unspecified atom stereocenters. The summed E-state index contributed by atoms with van der Waals surface area (Å²) in [6, 6.07) is -1.32. The monoisotopic (exact) mass is 112 g/mol. The fraction of sp³-hybridized carbons (Fsp3) is 0. The van der Waals surface area contributed by atoms with Gasteiger partial charge in [0.15, 0.2) is 0 Å². The van der Waals surface area contributed by atoms with Crippen LogP contribution < -0.4 is 10.6 Å². The van der Waals surface area contributed by atoms with Gasteiger partial charge in [-0.3, -0.25) is 5.32 Å². The summed E-state index contributed by atoms with van der Waals surface area (Å²) in [7, 11) is 0. The van der Waals surface area contributed by atoms with Crippen molar-refractivity contribution in [1.82, 2.24) is 10.6 Å². The molecule has 0 aliphatic carbocycles. The number of urea groups is 2. The highest BCUT2D eigenvalue weighted by atomic mass is 16.2. The summed E-state index contributed by atoms with van der Waals surface area (Å²) in [5.41, 5.74) is 0. The molecular formula is C3H2N3O2. The number of imide groups is 1. The SMILES string of the molecule is O=C1[N]C=NC(=O)N1. The molecule has 0 spiro atoms. The number of carbonyl (C=O) groups excluding carboxylic acids is 2. The van der Waals surface area contributed by atoms with E-state index in [4.69, 9.17) is 0 Å². The van der Waals surface area contributed by atoms with Crippen LogP contribution in [-0.2, 0) is 0 Å². The molecule has 1 radical (unpaired) electrons. The highest BCUT2D eigenvalue weighted by molar-refractivity contribution is 6.04. The first-order valence-corrected chi connectivity index (χ1v) is 1.87. The van der Waals surface area contributed by atoms with Crippen LogP contribution in [-0.4, -0.2) is 18.4 Å². The van der Waals surface area contributed by atoms with Crippen molar-refractivity contribution in [2.75, 3.05) is 0 Å². The first-order valence-electron chi connectivity index (χ1n) is 1.87. The molecule has 4 amide bonds. The number of carbonyl (C=O) groups is 2. The van der Waals surface area contributed by atoms with Gasteiger partial charge in [-0.15, -0.1) is 0 Å². The molecular weight excluding hydrogens is 110 g/mol. The van der Waals surface area contributed by atoms with Crippen molar-refractivity contribution in [2.45, 2.75) is 0 Å². The van der Waals surface area contributed by atoms with E-state index in [1.807, 2.05) is 5.32 Å². The third kappa shape index (κ3) is 0.810. The van der Waals surface area contributed by atoms with E-state index in [0.29, 0.717) is 0 Å². The summed E-state index contributed by atoms with van der Waals surface area (Å²) < 4.78 is 0. The molecule has 5 heteroatoms. The Kier molecular flexibility index (Phi) is 0.957. The Morgan fingerprint density at radius 2 is 2.12 bits per heavy atom. The fourth-order valence-corrected chi connectivity index (χ4v) is 0.290. The van der Waals surface area contributed by atoms with E-state index in [2.05, 4.69) is 10.3 Å². The number of aliphatic imine (C=N–C) groups is 1. The number of rotatable bonds is 0. The van der Waals surface area contributed by atoms with Crippen molar-refractivity contribution < 1.29 is 9.59 Å². The highest BCUT2D eigenvalue weighted by Gasteiger charge is 2.09. The molecule has 0 saturated heterocycles. The molecule has 1 heterocycles. The first kappa shape index (κ1) is 4.76. The smallest absolute Gasteiger partial charge is 0.256 e.